The molecule has 0 heterocycles. The minimum absolute atomic E-state index is 0.0723. The van der Waals surface area contributed by atoms with E-state index in [0.717, 1.165) is 0 Å². The van der Waals surface area contributed by atoms with Gasteiger partial charge < -0.3 is 14.8 Å². The minimum atomic E-state index is -1.63. The third kappa shape index (κ3) is 5.25. The lowest BCUT2D eigenvalue weighted by Gasteiger charge is -2.16. The fraction of sp³-hybridized carbons (Fsp3) is 0.400. The van der Waals surface area contributed by atoms with Gasteiger partial charge in [-0.05, 0) is 32.9 Å². The predicted molar refractivity (Wildman–Crippen MR) is 76.4 cm³/mol. The number of carbonyl (C=O) groups excluding carboxylic acids is 3. The van der Waals surface area contributed by atoms with Gasteiger partial charge in [0.2, 0.25) is 11.8 Å². The minimum Gasteiger partial charge on any atom is -0.465 e. The number of benzene rings is 1. The van der Waals surface area contributed by atoms with E-state index in [1.807, 2.05) is 0 Å². The van der Waals surface area contributed by atoms with E-state index in [1.165, 1.54) is 0 Å². The van der Waals surface area contributed by atoms with Crippen molar-refractivity contribution in [2.75, 3.05) is 11.9 Å². The van der Waals surface area contributed by atoms with Crippen molar-refractivity contribution in [2.24, 2.45) is 5.92 Å². The number of nitrogens with one attached hydrogen (secondary N) is 1. The molecule has 1 rings (SSSR count). The van der Waals surface area contributed by atoms with E-state index in [2.05, 4.69) is 5.32 Å². The monoisotopic (exact) mass is 293 g/mol. The summed E-state index contributed by atoms with van der Waals surface area (Å²) in [5.41, 5.74) is 0.481. The lowest BCUT2D eigenvalue weighted by molar-refractivity contribution is -0.165. The molecule has 0 saturated heterocycles. The van der Waals surface area contributed by atoms with Crippen LogP contribution in [0, 0.1) is 5.92 Å². The summed E-state index contributed by atoms with van der Waals surface area (Å²) in [6, 6.07) is 8.52. The van der Waals surface area contributed by atoms with Crippen LogP contribution in [0.15, 0.2) is 30.3 Å². The van der Waals surface area contributed by atoms with Crippen LogP contribution in [0.4, 0.5) is 5.69 Å². The fourth-order valence-corrected chi connectivity index (χ4v) is 1.57. The highest BCUT2D eigenvalue weighted by Crippen LogP contribution is 2.12. The van der Waals surface area contributed by atoms with Crippen LogP contribution < -0.4 is 5.32 Å². The van der Waals surface area contributed by atoms with E-state index in [9.17, 15) is 14.4 Å². The van der Waals surface area contributed by atoms with Gasteiger partial charge >= 0.3 is 11.9 Å². The number of para-hydroxylation sites is 1. The summed E-state index contributed by atoms with van der Waals surface area (Å²) in [6.45, 7) is 4.94. The molecule has 1 aromatic rings. The third-order valence-corrected chi connectivity index (χ3v) is 2.41. The molecular weight excluding hydrogens is 274 g/mol. The quantitative estimate of drug-likeness (QED) is 0.638. The van der Waals surface area contributed by atoms with Crippen LogP contribution in [0.5, 0.6) is 0 Å². The third-order valence-electron chi connectivity index (χ3n) is 2.41. The molecule has 0 fully saturated rings. The maximum absolute atomic E-state index is 12.1. The fourth-order valence-electron chi connectivity index (χ4n) is 1.57. The Morgan fingerprint density at radius 3 is 2.24 bits per heavy atom. The first-order chi connectivity index (χ1) is 9.95. The van der Waals surface area contributed by atoms with E-state index < -0.39 is 29.9 Å². The van der Waals surface area contributed by atoms with Crippen molar-refractivity contribution < 1.29 is 23.9 Å². The number of amides is 1. The number of hydrogen-bond donors (Lipinski definition) is 1. The molecule has 0 aliphatic rings. The topological polar surface area (TPSA) is 81.7 Å². The number of ether oxygens (including phenoxy) is 2. The summed E-state index contributed by atoms with van der Waals surface area (Å²) in [4.78, 5) is 35.9. The number of esters is 2. The lowest BCUT2D eigenvalue weighted by atomic mass is 10.1. The van der Waals surface area contributed by atoms with Crippen LogP contribution >= 0.6 is 0 Å². The number of hydrogen-bond acceptors (Lipinski definition) is 5. The second-order valence-corrected chi connectivity index (χ2v) is 4.53. The molecule has 1 amide bonds. The van der Waals surface area contributed by atoms with Crippen LogP contribution in [0.2, 0.25) is 0 Å². The molecule has 1 N–H and O–H groups in total. The van der Waals surface area contributed by atoms with E-state index in [0.29, 0.717) is 5.69 Å². The Kier molecular flexibility index (Phi) is 6.39. The molecule has 0 aliphatic heterocycles. The van der Waals surface area contributed by atoms with Gasteiger partial charge in [0.15, 0.2) is 0 Å². The Labute approximate surface area is 123 Å². The standard InChI is InChI=1S/C15H19NO5/c1-4-20-14(18)12(15(19)21-10(2)3)13(17)16-11-8-6-5-7-9-11/h5-10,12H,4H2,1-3H3,(H,16,17). The molecule has 21 heavy (non-hydrogen) atoms. The van der Waals surface area contributed by atoms with Crippen molar-refractivity contribution in [3.8, 4) is 0 Å². The van der Waals surface area contributed by atoms with Crippen molar-refractivity contribution in [2.45, 2.75) is 26.9 Å². The van der Waals surface area contributed by atoms with E-state index in [-0.39, 0.29) is 6.61 Å². The van der Waals surface area contributed by atoms with Gasteiger partial charge in [0.1, 0.15) is 0 Å². The summed E-state index contributed by atoms with van der Waals surface area (Å²) in [6.07, 6.45) is -0.432. The zero-order valence-electron chi connectivity index (χ0n) is 12.3. The number of carbonyl (C=O) groups is 3. The number of rotatable bonds is 6. The Balaban J connectivity index is 2.87. The molecule has 6 heteroatoms. The first-order valence-electron chi connectivity index (χ1n) is 6.68. The summed E-state index contributed by atoms with van der Waals surface area (Å²) in [5.74, 6) is -4.24. The average molecular weight is 293 g/mol. The molecule has 6 nitrogen and oxygen atoms in total. The maximum atomic E-state index is 12.1. The highest BCUT2D eigenvalue weighted by Gasteiger charge is 2.37. The van der Waals surface area contributed by atoms with Crippen molar-refractivity contribution in [1.82, 2.24) is 0 Å². The summed E-state index contributed by atoms with van der Waals surface area (Å²) in [7, 11) is 0. The number of anilines is 1. The van der Waals surface area contributed by atoms with Crippen LogP contribution in [0.1, 0.15) is 20.8 Å². The van der Waals surface area contributed by atoms with Gasteiger partial charge in [0.25, 0.3) is 0 Å². The molecule has 1 aromatic carbocycles. The SMILES string of the molecule is CCOC(=O)C(C(=O)Nc1ccccc1)C(=O)OC(C)C. The van der Waals surface area contributed by atoms with Gasteiger partial charge in [0, 0.05) is 5.69 Å². The zero-order chi connectivity index (χ0) is 15.8. The first-order valence-corrected chi connectivity index (χ1v) is 6.68. The van der Waals surface area contributed by atoms with Crippen molar-refractivity contribution in [3.63, 3.8) is 0 Å². The molecule has 0 bridgehead atoms. The first kappa shape index (κ1) is 16.7. The molecule has 0 saturated carbocycles. The second kappa shape index (κ2) is 8.04. The van der Waals surface area contributed by atoms with Crippen LogP contribution in [-0.4, -0.2) is 30.6 Å². The van der Waals surface area contributed by atoms with E-state index in [1.54, 1.807) is 51.1 Å². The Bertz CT molecular complexity index is 498. The molecule has 1 atom stereocenters. The lowest BCUT2D eigenvalue weighted by Crippen LogP contribution is -2.39. The Morgan fingerprint density at radius 2 is 1.71 bits per heavy atom. The molecule has 1 unspecified atom stereocenters. The molecule has 0 aromatic heterocycles. The predicted octanol–water partition coefficient (Wildman–Crippen LogP) is 1.76. The Hall–Kier alpha value is -2.37. The van der Waals surface area contributed by atoms with Crippen molar-refractivity contribution >= 4 is 23.5 Å². The summed E-state index contributed by atoms with van der Waals surface area (Å²) >= 11 is 0. The molecule has 0 aliphatic carbocycles. The normalized spacial score (nSPS) is 11.6. The van der Waals surface area contributed by atoms with E-state index in [4.69, 9.17) is 9.47 Å². The molecule has 114 valence electrons. The van der Waals surface area contributed by atoms with Gasteiger partial charge in [-0.25, -0.2) is 0 Å². The van der Waals surface area contributed by atoms with Gasteiger partial charge in [-0.15, -0.1) is 0 Å². The average Bonchev–Trinajstić information content (AvgIpc) is 2.39. The largest absolute Gasteiger partial charge is 0.465 e. The Morgan fingerprint density at radius 1 is 1.10 bits per heavy atom. The highest BCUT2D eigenvalue weighted by atomic mass is 16.6. The molecular formula is C15H19NO5. The van der Waals surface area contributed by atoms with Crippen LogP contribution in [0.3, 0.4) is 0 Å². The zero-order valence-corrected chi connectivity index (χ0v) is 12.3. The van der Waals surface area contributed by atoms with Crippen molar-refractivity contribution in [3.05, 3.63) is 30.3 Å². The molecule has 0 radical (unpaired) electrons. The summed E-state index contributed by atoms with van der Waals surface area (Å²) < 4.78 is 9.70. The highest BCUT2D eigenvalue weighted by molar-refractivity contribution is 6.18. The van der Waals surface area contributed by atoms with Crippen molar-refractivity contribution in [1.29, 1.82) is 0 Å². The van der Waals surface area contributed by atoms with Gasteiger partial charge in [-0.2, -0.15) is 0 Å². The second-order valence-electron chi connectivity index (χ2n) is 4.53. The molecule has 0 spiro atoms. The summed E-state index contributed by atoms with van der Waals surface area (Å²) in [5, 5.41) is 2.49. The van der Waals surface area contributed by atoms with Gasteiger partial charge in [0.05, 0.1) is 12.7 Å². The van der Waals surface area contributed by atoms with Crippen LogP contribution in [-0.2, 0) is 23.9 Å². The smallest absolute Gasteiger partial charge is 0.330 e. The van der Waals surface area contributed by atoms with Gasteiger partial charge in [-0.3, -0.25) is 14.4 Å². The van der Waals surface area contributed by atoms with Crippen LogP contribution in [0.25, 0.3) is 0 Å². The van der Waals surface area contributed by atoms with E-state index >= 15 is 0 Å². The maximum Gasteiger partial charge on any atom is 0.330 e. The van der Waals surface area contributed by atoms with Gasteiger partial charge in [-0.1, -0.05) is 18.2 Å².